The van der Waals surface area contributed by atoms with E-state index in [1.807, 2.05) is 0 Å². The minimum absolute atomic E-state index is 0.0450. The van der Waals surface area contributed by atoms with Gasteiger partial charge in [-0.25, -0.2) is 13.8 Å². The predicted molar refractivity (Wildman–Crippen MR) is 88.0 cm³/mol. The molecule has 0 spiro atoms. The third-order valence-corrected chi connectivity index (χ3v) is 5.32. The predicted octanol–water partition coefficient (Wildman–Crippen LogP) is 4.12. The van der Waals surface area contributed by atoms with Crippen LogP contribution in [-0.2, 0) is 12.0 Å². The number of benzene rings is 1. The third-order valence-electron chi connectivity index (χ3n) is 3.84. The quantitative estimate of drug-likeness (QED) is 0.658. The lowest BCUT2D eigenvalue weighted by Crippen LogP contribution is -2.38. The summed E-state index contributed by atoms with van der Waals surface area (Å²) in [7, 11) is 0. The SMILES string of the molecule is C[C@@H](CSC(F)(F)C(F)F)[C@](O)(Cc1ncn[nH]1)c1ccc(Cl)cc1. The first-order valence-electron chi connectivity index (χ1n) is 7.27. The van der Waals surface area contributed by atoms with Crippen LogP contribution in [0.2, 0.25) is 5.02 Å². The Hall–Kier alpha value is -1.32. The maximum atomic E-state index is 13.2. The molecule has 0 saturated heterocycles. The summed E-state index contributed by atoms with van der Waals surface area (Å²) in [5, 5.41) is 13.7. The number of hydrogen-bond acceptors (Lipinski definition) is 4. The minimum Gasteiger partial charge on any atom is -0.384 e. The molecule has 0 fully saturated rings. The van der Waals surface area contributed by atoms with Crippen LogP contribution in [0.4, 0.5) is 17.6 Å². The molecule has 0 radical (unpaired) electrons. The van der Waals surface area contributed by atoms with E-state index >= 15 is 0 Å². The highest BCUT2D eigenvalue weighted by Gasteiger charge is 2.44. The standard InChI is InChI=1S/C15H16ClF4N3OS/c1-9(7-25-15(19,20)13(17)18)14(24,6-12-21-8-22-23-12)10-2-4-11(16)5-3-10/h2-5,8-9,13,24H,6-7H2,1H3,(H,21,22,23)/t9-,14+/m0/s1. The maximum absolute atomic E-state index is 13.2. The van der Waals surface area contributed by atoms with Gasteiger partial charge < -0.3 is 5.11 Å². The van der Waals surface area contributed by atoms with E-state index in [1.54, 1.807) is 24.3 Å². The number of aromatic nitrogens is 3. The Balaban J connectivity index is 2.25. The van der Waals surface area contributed by atoms with Gasteiger partial charge in [-0.3, -0.25) is 5.10 Å². The first-order valence-corrected chi connectivity index (χ1v) is 8.64. The lowest BCUT2D eigenvalue weighted by Gasteiger charge is -2.34. The van der Waals surface area contributed by atoms with Crippen molar-refractivity contribution in [2.45, 2.75) is 30.6 Å². The van der Waals surface area contributed by atoms with Gasteiger partial charge in [0.1, 0.15) is 12.2 Å². The molecular weight excluding hydrogens is 382 g/mol. The fourth-order valence-corrected chi connectivity index (χ4v) is 3.31. The van der Waals surface area contributed by atoms with Gasteiger partial charge in [-0.1, -0.05) is 42.4 Å². The summed E-state index contributed by atoms with van der Waals surface area (Å²) in [4.78, 5) is 3.94. The van der Waals surface area contributed by atoms with Crippen LogP contribution < -0.4 is 0 Å². The van der Waals surface area contributed by atoms with E-state index in [2.05, 4.69) is 15.2 Å². The van der Waals surface area contributed by atoms with Crippen LogP contribution >= 0.6 is 23.4 Å². The molecule has 0 aliphatic carbocycles. The number of rotatable bonds is 8. The Morgan fingerprint density at radius 3 is 2.44 bits per heavy atom. The van der Waals surface area contributed by atoms with Crippen molar-refractivity contribution in [3.63, 3.8) is 0 Å². The Morgan fingerprint density at radius 1 is 1.28 bits per heavy atom. The van der Waals surface area contributed by atoms with Crippen LogP contribution in [0.15, 0.2) is 30.6 Å². The molecule has 0 amide bonds. The highest BCUT2D eigenvalue weighted by molar-refractivity contribution is 8.00. The highest BCUT2D eigenvalue weighted by Crippen LogP contribution is 2.41. The topological polar surface area (TPSA) is 61.8 Å². The molecule has 10 heteroatoms. The van der Waals surface area contributed by atoms with Crippen molar-refractivity contribution in [2.75, 3.05) is 5.75 Å². The van der Waals surface area contributed by atoms with E-state index in [9.17, 15) is 22.7 Å². The number of hydrogen-bond donors (Lipinski definition) is 2. The fraction of sp³-hybridized carbons (Fsp3) is 0.467. The number of alkyl halides is 4. The molecule has 0 aliphatic heterocycles. The zero-order valence-electron chi connectivity index (χ0n) is 13.1. The van der Waals surface area contributed by atoms with Gasteiger partial charge in [0, 0.05) is 17.2 Å². The summed E-state index contributed by atoms with van der Waals surface area (Å²) < 4.78 is 51.1. The molecular formula is C15H16ClF4N3OS. The van der Waals surface area contributed by atoms with Gasteiger partial charge >= 0.3 is 11.7 Å². The summed E-state index contributed by atoms with van der Waals surface area (Å²) in [5.74, 6) is -0.826. The summed E-state index contributed by atoms with van der Waals surface area (Å²) in [5.41, 5.74) is -1.20. The fourth-order valence-electron chi connectivity index (χ4n) is 2.31. The van der Waals surface area contributed by atoms with E-state index in [0.29, 0.717) is 16.4 Å². The number of halogens is 5. The van der Waals surface area contributed by atoms with Crippen LogP contribution in [-0.4, -0.2) is 37.7 Å². The molecule has 0 bridgehead atoms. The van der Waals surface area contributed by atoms with Crippen LogP contribution in [0.25, 0.3) is 0 Å². The molecule has 1 aromatic heterocycles. The molecule has 0 saturated carbocycles. The number of thioether (sulfide) groups is 1. The molecule has 4 nitrogen and oxygen atoms in total. The van der Waals surface area contributed by atoms with Crippen LogP contribution in [0.1, 0.15) is 18.3 Å². The summed E-state index contributed by atoms with van der Waals surface area (Å²) in [6, 6.07) is 6.22. The van der Waals surface area contributed by atoms with E-state index in [0.717, 1.165) is 0 Å². The van der Waals surface area contributed by atoms with Gasteiger partial charge in [-0.15, -0.1) is 0 Å². The van der Waals surface area contributed by atoms with Gasteiger partial charge in [-0.05, 0) is 23.6 Å². The van der Waals surface area contributed by atoms with E-state index in [4.69, 9.17) is 11.6 Å². The van der Waals surface area contributed by atoms with Crippen LogP contribution in [0.5, 0.6) is 0 Å². The number of H-pyrrole nitrogens is 1. The molecule has 138 valence electrons. The van der Waals surface area contributed by atoms with Crippen molar-refractivity contribution in [3.05, 3.63) is 47.0 Å². The first kappa shape index (κ1) is 20.0. The zero-order chi connectivity index (χ0) is 18.7. The maximum Gasteiger partial charge on any atom is 0.353 e. The van der Waals surface area contributed by atoms with Crippen LogP contribution in [0.3, 0.4) is 0 Å². The smallest absolute Gasteiger partial charge is 0.353 e. The molecule has 25 heavy (non-hydrogen) atoms. The average Bonchev–Trinajstić information content (AvgIpc) is 3.05. The second-order valence-corrected chi connectivity index (χ2v) is 7.22. The van der Waals surface area contributed by atoms with Crippen molar-refractivity contribution in [1.29, 1.82) is 0 Å². The van der Waals surface area contributed by atoms with Gasteiger partial charge in [-0.2, -0.15) is 13.9 Å². The third kappa shape index (κ3) is 4.86. The molecule has 2 atom stereocenters. The van der Waals surface area contributed by atoms with Crippen LogP contribution in [0, 0.1) is 5.92 Å². The molecule has 1 aromatic carbocycles. The van der Waals surface area contributed by atoms with E-state index < -0.39 is 23.2 Å². The summed E-state index contributed by atoms with van der Waals surface area (Å²) in [6.45, 7) is 1.51. The average molecular weight is 398 g/mol. The Labute approximate surface area is 151 Å². The molecule has 2 rings (SSSR count). The lowest BCUT2D eigenvalue weighted by molar-refractivity contribution is -0.0574. The summed E-state index contributed by atoms with van der Waals surface area (Å²) >= 11 is 5.66. The molecule has 0 aliphatic rings. The van der Waals surface area contributed by atoms with Gasteiger partial charge in [0.15, 0.2) is 0 Å². The van der Waals surface area contributed by atoms with E-state index in [1.165, 1.54) is 13.3 Å². The largest absolute Gasteiger partial charge is 0.384 e. The van der Waals surface area contributed by atoms with Crippen molar-refractivity contribution in [2.24, 2.45) is 5.92 Å². The van der Waals surface area contributed by atoms with Crippen molar-refractivity contribution >= 4 is 23.4 Å². The van der Waals surface area contributed by atoms with Gasteiger partial charge in [0.05, 0.1) is 5.60 Å². The minimum atomic E-state index is -4.18. The Bertz CT molecular complexity index is 672. The highest BCUT2D eigenvalue weighted by atomic mass is 35.5. The van der Waals surface area contributed by atoms with Crippen molar-refractivity contribution in [1.82, 2.24) is 15.2 Å². The second-order valence-electron chi connectivity index (χ2n) is 5.61. The first-order chi connectivity index (χ1) is 11.6. The number of aromatic amines is 1. The number of nitrogens with zero attached hydrogens (tertiary/aromatic N) is 2. The number of nitrogens with one attached hydrogen (secondary N) is 1. The molecule has 2 aromatic rings. The molecule has 1 heterocycles. The lowest BCUT2D eigenvalue weighted by atomic mass is 9.80. The normalized spacial score (nSPS) is 16.0. The van der Waals surface area contributed by atoms with Gasteiger partial charge in [0.25, 0.3) is 0 Å². The zero-order valence-corrected chi connectivity index (χ0v) is 14.7. The number of aliphatic hydroxyl groups is 1. The monoisotopic (exact) mass is 397 g/mol. The molecule has 0 unspecified atom stereocenters. The Morgan fingerprint density at radius 2 is 1.92 bits per heavy atom. The Kier molecular flexibility index (Phi) is 6.34. The van der Waals surface area contributed by atoms with Gasteiger partial charge in [0.2, 0.25) is 0 Å². The second kappa shape index (κ2) is 7.92. The van der Waals surface area contributed by atoms with Crippen molar-refractivity contribution in [3.8, 4) is 0 Å². The van der Waals surface area contributed by atoms with Crippen molar-refractivity contribution < 1.29 is 22.7 Å². The molecule has 2 N–H and O–H groups in total. The van der Waals surface area contributed by atoms with E-state index in [-0.39, 0.29) is 23.9 Å². The summed E-state index contributed by atoms with van der Waals surface area (Å²) in [6.07, 6.45) is -2.57.